The van der Waals surface area contributed by atoms with Crippen molar-refractivity contribution in [2.75, 3.05) is 24.6 Å². The fraction of sp³-hybridized carbons (Fsp3) is 0.533. The Morgan fingerprint density at radius 2 is 2.10 bits per heavy atom. The summed E-state index contributed by atoms with van der Waals surface area (Å²) in [6, 6.07) is 5.09. The Morgan fingerprint density at radius 1 is 1.45 bits per heavy atom. The van der Waals surface area contributed by atoms with Crippen LogP contribution >= 0.6 is 11.6 Å². The van der Waals surface area contributed by atoms with Crippen LogP contribution in [0.3, 0.4) is 0 Å². The number of amides is 1. The average Bonchev–Trinajstić information content (AvgIpc) is 2.40. The van der Waals surface area contributed by atoms with Crippen molar-refractivity contribution >= 4 is 28.9 Å². The van der Waals surface area contributed by atoms with Crippen molar-refractivity contribution in [2.45, 2.75) is 39.2 Å². The molecule has 0 aliphatic heterocycles. The van der Waals surface area contributed by atoms with E-state index < -0.39 is 0 Å². The average molecular weight is 298 g/mol. The molecule has 5 heteroatoms. The van der Waals surface area contributed by atoms with Gasteiger partial charge in [0.2, 0.25) is 5.91 Å². The second kappa shape index (κ2) is 6.95. The Bertz CT molecular complexity index is 474. The molecule has 0 radical (unpaired) electrons. The topological polar surface area (TPSA) is 58.4 Å². The molecular formula is C15H24ClN3O. The minimum Gasteiger partial charge on any atom is -0.397 e. The number of nitrogens with two attached hydrogens (primary N) is 1. The summed E-state index contributed by atoms with van der Waals surface area (Å²) in [4.78, 5) is 14.1. The second-order valence-corrected chi connectivity index (χ2v) is 6.03. The fourth-order valence-corrected chi connectivity index (χ4v) is 1.80. The highest BCUT2D eigenvalue weighted by molar-refractivity contribution is 6.33. The number of nitrogens with zero attached hydrogens (tertiary/aromatic N) is 1. The molecule has 1 aromatic rings. The van der Waals surface area contributed by atoms with E-state index in [1.165, 1.54) is 0 Å². The maximum atomic E-state index is 11.9. The number of nitrogens with one attached hydrogen (secondary N) is 1. The summed E-state index contributed by atoms with van der Waals surface area (Å²) >= 11 is 5.84. The van der Waals surface area contributed by atoms with Gasteiger partial charge in [-0.15, -0.1) is 0 Å². The van der Waals surface area contributed by atoms with E-state index in [9.17, 15) is 4.79 Å². The molecule has 1 rings (SSSR count). The first kappa shape index (κ1) is 16.8. The van der Waals surface area contributed by atoms with Gasteiger partial charge in [0.25, 0.3) is 0 Å². The number of carbonyl (C=O) groups excluding carboxylic acids is 1. The van der Waals surface area contributed by atoms with E-state index in [0.29, 0.717) is 22.8 Å². The summed E-state index contributed by atoms with van der Waals surface area (Å²) in [5.74, 6) is -0.0227. The molecule has 0 spiro atoms. The van der Waals surface area contributed by atoms with Crippen molar-refractivity contribution in [3.05, 3.63) is 23.2 Å². The van der Waals surface area contributed by atoms with Gasteiger partial charge in [-0.1, -0.05) is 18.5 Å². The standard InChI is InChI=1S/C15H24ClN3O/c1-5-15(2,3)19(4)9-8-14(20)18-11-6-7-12(16)13(17)10-11/h6-7,10H,5,8-9,17H2,1-4H3,(H,18,20). The summed E-state index contributed by atoms with van der Waals surface area (Å²) in [6.07, 6.45) is 1.49. The lowest BCUT2D eigenvalue weighted by Gasteiger charge is -2.34. The fourth-order valence-electron chi connectivity index (χ4n) is 1.69. The van der Waals surface area contributed by atoms with Gasteiger partial charge in [-0.3, -0.25) is 4.79 Å². The van der Waals surface area contributed by atoms with Crippen LogP contribution in [-0.2, 0) is 4.79 Å². The highest BCUT2D eigenvalue weighted by Gasteiger charge is 2.21. The van der Waals surface area contributed by atoms with E-state index in [4.69, 9.17) is 17.3 Å². The lowest BCUT2D eigenvalue weighted by atomic mass is 10.00. The van der Waals surface area contributed by atoms with Gasteiger partial charge in [-0.2, -0.15) is 0 Å². The summed E-state index contributed by atoms with van der Waals surface area (Å²) in [5.41, 5.74) is 6.95. The van der Waals surface area contributed by atoms with Crippen LogP contribution < -0.4 is 11.1 Å². The van der Waals surface area contributed by atoms with Crippen LogP contribution in [0.5, 0.6) is 0 Å². The molecule has 0 aliphatic rings. The van der Waals surface area contributed by atoms with Gasteiger partial charge in [0.15, 0.2) is 0 Å². The van der Waals surface area contributed by atoms with Gasteiger partial charge >= 0.3 is 0 Å². The Balaban J connectivity index is 2.50. The highest BCUT2D eigenvalue weighted by Crippen LogP contribution is 2.22. The van der Waals surface area contributed by atoms with Crippen molar-refractivity contribution in [2.24, 2.45) is 0 Å². The normalized spacial score (nSPS) is 11.7. The number of anilines is 2. The lowest BCUT2D eigenvalue weighted by molar-refractivity contribution is -0.116. The predicted molar refractivity (Wildman–Crippen MR) is 86.1 cm³/mol. The van der Waals surface area contributed by atoms with Crippen molar-refractivity contribution < 1.29 is 4.79 Å². The maximum Gasteiger partial charge on any atom is 0.225 e. The minimum absolute atomic E-state index is 0.0227. The number of halogens is 1. The molecule has 1 aromatic carbocycles. The first-order valence-corrected chi connectivity index (χ1v) is 7.20. The first-order valence-electron chi connectivity index (χ1n) is 6.82. The number of rotatable bonds is 6. The third-order valence-electron chi connectivity index (χ3n) is 3.85. The molecule has 0 heterocycles. The Labute approximate surface area is 126 Å². The molecule has 0 fully saturated rings. The zero-order valence-corrected chi connectivity index (χ0v) is 13.4. The highest BCUT2D eigenvalue weighted by atomic mass is 35.5. The third-order valence-corrected chi connectivity index (χ3v) is 4.20. The van der Waals surface area contributed by atoms with Crippen LogP contribution in [-0.4, -0.2) is 29.9 Å². The van der Waals surface area contributed by atoms with E-state index in [0.717, 1.165) is 13.0 Å². The summed E-state index contributed by atoms with van der Waals surface area (Å²) < 4.78 is 0. The SMILES string of the molecule is CCC(C)(C)N(C)CCC(=O)Nc1ccc(Cl)c(N)c1. The number of hydrogen-bond acceptors (Lipinski definition) is 3. The first-order chi connectivity index (χ1) is 9.26. The summed E-state index contributed by atoms with van der Waals surface area (Å²) in [6.45, 7) is 7.21. The van der Waals surface area contributed by atoms with Gasteiger partial charge in [0.1, 0.15) is 0 Å². The maximum absolute atomic E-state index is 11.9. The van der Waals surface area contributed by atoms with Gasteiger partial charge in [0.05, 0.1) is 10.7 Å². The predicted octanol–water partition coefficient (Wildman–Crippen LogP) is 3.37. The molecule has 112 valence electrons. The third kappa shape index (κ3) is 4.69. The number of carbonyl (C=O) groups is 1. The van der Waals surface area contributed by atoms with Crippen molar-refractivity contribution in [1.82, 2.24) is 4.90 Å². The number of benzene rings is 1. The molecule has 4 nitrogen and oxygen atoms in total. The Hall–Kier alpha value is -1.26. The van der Waals surface area contributed by atoms with Crippen LogP contribution in [0.15, 0.2) is 18.2 Å². The minimum atomic E-state index is -0.0227. The lowest BCUT2D eigenvalue weighted by Crippen LogP contribution is -2.41. The molecule has 20 heavy (non-hydrogen) atoms. The smallest absolute Gasteiger partial charge is 0.225 e. The largest absolute Gasteiger partial charge is 0.397 e. The van der Waals surface area contributed by atoms with Gasteiger partial charge in [-0.25, -0.2) is 0 Å². The molecule has 0 aliphatic carbocycles. The molecular weight excluding hydrogens is 274 g/mol. The van der Waals surface area contributed by atoms with Crippen LogP contribution in [0.2, 0.25) is 5.02 Å². The van der Waals surface area contributed by atoms with Crippen LogP contribution in [0.1, 0.15) is 33.6 Å². The van der Waals surface area contributed by atoms with E-state index in [2.05, 4.69) is 31.0 Å². The van der Waals surface area contributed by atoms with Crippen molar-refractivity contribution in [1.29, 1.82) is 0 Å². The molecule has 3 N–H and O–H groups in total. The van der Waals surface area contributed by atoms with E-state index in [-0.39, 0.29) is 11.4 Å². The molecule has 0 bridgehead atoms. The monoisotopic (exact) mass is 297 g/mol. The zero-order chi connectivity index (χ0) is 15.3. The zero-order valence-electron chi connectivity index (χ0n) is 12.7. The Morgan fingerprint density at radius 3 is 2.65 bits per heavy atom. The molecule has 1 amide bonds. The van der Waals surface area contributed by atoms with Crippen LogP contribution in [0, 0.1) is 0 Å². The van der Waals surface area contributed by atoms with Gasteiger partial charge in [-0.05, 0) is 45.5 Å². The molecule has 0 saturated heterocycles. The van der Waals surface area contributed by atoms with Gasteiger partial charge < -0.3 is 16.0 Å². The van der Waals surface area contributed by atoms with Crippen LogP contribution in [0.4, 0.5) is 11.4 Å². The quantitative estimate of drug-likeness (QED) is 0.792. The summed E-state index contributed by atoms with van der Waals surface area (Å²) in [5, 5.41) is 3.32. The second-order valence-electron chi connectivity index (χ2n) is 5.62. The summed E-state index contributed by atoms with van der Waals surface area (Å²) in [7, 11) is 2.04. The molecule has 0 aromatic heterocycles. The van der Waals surface area contributed by atoms with Crippen molar-refractivity contribution in [3.8, 4) is 0 Å². The number of nitrogen functional groups attached to an aromatic ring is 1. The number of hydrogen-bond donors (Lipinski definition) is 2. The van der Waals surface area contributed by atoms with Crippen LogP contribution in [0.25, 0.3) is 0 Å². The van der Waals surface area contributed by atoms with Gasteiger partial charge in [0, 0.05) is 24.2 Å². The molecule has 0 saturated carbocycles. The van der Waals surface area contributed by atoms with E-state index in [1.807, 2.05) is 7.05 Å². The molecule has 0 atom stereocenters. The Kier molecular flexibility index (Phi) is 5.84. The van der Waals surface area contributed by atoms with E-state index >= 15 is 0 Å². The van der Waals surface area contributed by atoms with E-state index in [1.54, 1.807) is 18.2 Å². The molecule has 0 unspecified atom stereocenters. The van der Waals surface area contributed by atoms with Crippen molar-refractivity contribution in [3.63, 3.8) is 0 Å².